The Kier molecular flexibility index (Phi) is 2.59. The van der Waals surface area contributed by atoms with E-state index >= 15 is 0 Å². The van der Waals surface area contributed by atoms with Gasteiger partial charge in [0.1, 0.15) is 11.6 Å². The van der Waals surface area contributed by atoms with Crippen molar-refractivity contribution < 1.29 is 4.39 Å². The van der Waals surface area contributed by atoms with E-state index in [2.05, 4.69) is 22.2 Å². The van der Waals surface area contributed by atoms with E-state index in [1.54, 1.807) is 6.07 Å². The lowest BCUT2D eigenvalue weighted by atomic mass is 9.93. The molecular formula is C13H16FN3. The van der Waals surface area contributed by atoms with Crippen LogP contribution in [0.5, 0.6) is 0 Å². The van der Waals surface area contributed by atoms with Gasteiger partial charge >= 0.3 is 0 Å². The molecule has 0 amide bonds. The van der Waals surface area contributed by atoms with Gasteiger partial charge in [0.15, 0.2) is 0 Å². The second-order valence-corrected chi connectivity index (χ2v) is 4.86. The Hall–Kier alpha value is -1.42. The Balaban J connectivity index is 1.94. The van der Waals surface area contributed by atoms with Crippen LogP contribution in [-0.4, -0.2) is 22.6 Å². The van der Waals surface area contributed by atoms with Crippen LogP contribution < -0.4 is 5.32 Å². The first-order valence-corrected chi connectivity index (χ1v) is 6.11. The summed E-state index contributed by atoms with van der Waals surface area (Å²) in [5, 5.41) is 3.42. The van der Waals surface area contributed by atoms with Crippen molar-refractivity contribution in [3.63, 3.8) is 0 Å². The van der Waals surface area contributed by atoms with E-state index in [0.29, 0.717) is 12.0 Å². The summed E-state index contributed by atoms with van der Waals surface area (Å²) in [5.41, 5.74) is 1.65. The molecule has 2 atom stereocenters. The number of nitrogens with zero attached hydrogens (tertiary/aromatic N) is 1. The van der Waals surface area contributed by atoms with Crippen molar-refractivity contribution in [3.05, 3.63) is 29.8 Å². The number of hydrogen-bond acceptors (Lipinski definition) is 2. The van der Waals surface area contributed by atoms with Crippen LogP contribution in [0, 0.1) is 5.82 Å². The molecule has 0 radical (unpaired) electrons. The van der Waals surface area contributed by atoms with Crippen molar-refractivity contribution in [3.8, 4) is 0 Å². The normalized spacial score (nSPS) is 25.3. The van der Waals surface area contributed by atoms with Crippen molar-refractivity contribution in [1.82, 2.24) is 15.3 Å². The highest BCUT2D eigenvalue weighted by Crippen LogP contribution is 2.27. The summed E-state index contributed by atoms with van der Waals surface area (Å²) in [6.07, 6.45) is 2.18. The van der Waals surface area contributed by atoms with Crippen LogP contribution >= 0.6 is 0 Å². The van der Waals surface area contributed by atoms with Gasteiger partial charge < -0.3 is 10.3 Å². The number of H-pyrrole nitrogens is 1. The van der Waals surface area contributed by atoms with E-state index in [4.69, 9.17) is 0 Å². The zero-order valence-electron chi connectivity index (χ0n) is 9.83. The van der Waals surface area contributed by atoms with E-state index in [1.165, 1.54) is 12.1 Å². The number of aromatic amines is 1. The van der Waals surface area contributed by atoms with E-state index in [-0.39, 0.29) is 5.82 Å². The molecule has 1 aromatic heterocycles. The molecule has 1 fully saturated rings. The van der Waals surface area contributed by atoms with Gasteiger partial charge in [0.2, 0.25) is 0 Å². The van der Waals surface area contributed by atoms with Crippen LogP contribution in [0.2, 0.25) is 0 Å². The smallest absolute Gasteiger partial charge is 0.125 e. The average molecular weight is 233 g/mol. The zero-order valence-corrected chi connectivity index (χ0v) is 9.83. The maximum atomic E-state index is 13.1. The highest BCUT2D eigenvalue weighted by molar-refractivity contribution is 5.75. The Morgan fingerprint density at radius 2 is 2.29 bits per heavy atom. The van der Waals surface area contributed by atoms with Crippen molar-refractivity contribution in [2.24, 2.45) is 0 Å². The van der Waals surface area contributed by atoms with Crippen LogP contribution in [0.4, 0.5) is 4.39 Å². The molecule has 1 aliphatic rings. The van der Waals surface area contributed by atoms with Gasteiger partial charge in [0.25, 0.3) is 0 Å². The second kappa shape index (κ2) is 4.11. The molecule has 0 aliphatic carbocycles. The van der Waals surface area contributed by atoms with Crippen molar-refractivity contribution in [2.75, 3.05) is 6.54 Å². The number of rotatable bonds is 1. The van der Waals surface area contributed by atoms with Crippen LogP contribution in [0.25, 0.3) is 11.0 Å². The molecule has 0 spiro atoms. The Morgan fingerprint density at radius 1 is 1.41 bits per heavy atom. The standard InChI is InChI=1S/C13H16FN3/c1-8-6-9(4-5-15-8)13-16-11-3-2-10(14)7-12(11)17-13/h2-3,7-9,15H,4-6H2,1H3,(H,16,17). The summed E-state index contributed by atoms with van der Waals surface area (Å²) >= 11 is 0. The second-order valence-electron chi connectivity index (χ2n) is 4.86. The summed E-state index contributed by atoms with van der Waals surface area (Å²) in [6, 6.07) is 5.22. The SMILES string of the molecule is CC1CC(c2nc3ccc(F)cc3[nH]2)CCN1. The van der Waals surface area contributed by atoms with Crippen LogP contribution in [-0.2, 0) is 0 Å². The predicted octanol–water partition coefficient (Wildman–Crippen LogP) is 2.56. The highest BCUT2D eigenvalue weighted by atomic mass is 19.1. The summed E-state index contributed by atoms with van der Waals surface area (Å²) in [7, 11) is 0. The number of fused-ring (bicyclic) bond motifs is 1. The number of hydrogen-bond donors (Lipinski definition) is 2. The first kappa shape index (κ1) is 10.7. The van der Waals surface area contributed by atoms with E-state index in [1.807, 2.05) is 0 Å². The molecule has 1 aromatic carbocycles. The molecule has 2 heterocycles. The zero-order chi connectivity index (χ0) is 11.8. The number of nitrogens with one attached hydrogen (secondary N) is 2. The molecule has 2 unspecified atom stereocenters. The van der Waals surface area contributed by atoms with Gasteiger partial charge in [0.05, 0.1) is 11.0 Å². The van der Waals surface area contributed by atoms with Gasteiger partial charge in [-0.05, 0) is 44.5 Å². The van der Waals surface area contributed by atoms with Crippen LogP contribution in [0.15, 0.2) is 18.2 Å². The minimum atomic E-state index is -0.216. The third-order valence-corrected chi connectivity index (χ3v) is 3.47. The van der Waals surface area contributed by atoms with Crippen molar-refractivity contribution >= 4 is 11.0 Å². The van der Waals surface area contributed by atoms with E-state index < -0.39 is 0 Å². The maximum Gasteiger partial charge on any atom is 0.125 e. The number of piperidine rings is 1. The first-order chi connectivity index (χ1) is 8.22. The molecule has 1 saturated heterocycles. The molecule has 90 valence electrons. The maximum absolute atomic E-state index is 13.1. The summed E-state index contributed by atoms with van der Waals surface area (Å²) in [6.45, 7) is 3.21. The van der Waals surface area contributed by atoms with Gasteiger partial charge in [-0.25, -0.2) is 9.37 Å². The Labute approximate surface area is 99.4 Å². The summed E-state index contributed by atoms with van der Waals surface area (Å²) < 4.78 is 13.1. The van der Waals surface area contributed by atoms with Gasteiger partial charge in [-0.15, -0.1) is 0 Å². The molecule has 0 saturated carbocycles. The van der Waals surface area contributed by atoms with Gasteiger partial charge in [-0.3, -0.25) is 0 Å². The fourth-order valence-corrected chi connectivity index (χ4v) is 2.58. The summed E-state index contributed by atoms with van der Waals surface area (Å²) in [5.74, 6) is 1.24. The largest absolute Gasteiger partial charge is 0.342 e. The molecule has 1 aliphatic heterocycles. The molecular weight excluding hydrogens is 217 g/mol. The van der Waals surface area contributed by atoms with Crippen LogP contribution in [0.1, 0.15) is 31.5 Å². The fourth-order valence-electron chi connectivity index (χ4n) is 2.58. The molecule has 0 bridgehead atoms. The van der Waals surface area contributed by atoms with Gasteiger partial charge in [0, 0.05) is 12.0 Å². The van der Waals surface area contributed by atoms with E-state index in [9.17, 15) is 4.39 Å². The third-order valence-electron chi connectivity index (χ3n) is 3.47. The van der Waals surface area contributed by atoms with Crippen molar-refractivity contribution in [2.45, 2.75) is 31.7 Å². The lowest BCUT2D eigenvalue weighted by molar-refractivity contribution is 0.373. The minimum Gasteiger partial charge on any atom is -0.342 e. The number of benzene rings is 1. The average Bonchev–Trinajstić information content (AvgIpc) is 2.72. The first-order valence-electron chi connectivity index (χ1n) is 6.11. The topological polar surface area (TPSA) is 40.7 Å². The molecule has 3 nitrogen and oxygen atoms in total. The number of imidazole rings is 1. The minimum absolute atomic E-state index is 0.216. The molecule has 3 rings (SSSR count). The van der Waals surface area contributed by atoms with Gasteiger partial charge in [-0.2, -0.15) is 0 Å². The molecule has 17 heavy (non-hydrogen) atoms. The highest BCUT2D eigenvalue weighted by Gasteiger charge is 2.22. The fraction of sp³-hybridized carbons (Fsp3) is 0.462. The molecule has 2 aromatic rings. The Bertz CT molecular complexity index is 534. The summed E-state index contributed by atoms with van der Waals surface area (Å²) in [4.78, 5) is 7.81. The monoisotopic (exact) mass is 233 g/mol. The predicted molar refractivity (Wildman–Crippen MR) is 65.5 cm³/mol. The van der Waals surface area contributed by atoms with Crippen molar-refractivity contribution in [1.29, 1.82) is 0 Å². The lowest BCUT2D eigenvalue weighted by Crippen LogP contribution is -2.35. The van der Waals surface area contributed by atoms with Gasteiger partial charge in [-0.1, -0.05) is 0 Å². The Morgan fingerprint density at radius 3 is 3.12 bits per heavy atom. The third kappa shape index (κ3) is 2.05. The lowest BCUT2D eigenvalue weighted by Gasteiger charge is -2.26. The van der Waals surface area contributed by atoms with Crippen LogP contribution in [0.3, 0.4) is 0 Å². The molecule has 4 heteroatoms. The molecule has 2 N–H and O–H groups in total. The number of aromatic nitrogens is 2. The quantitative estimate of drug-likeness (QED) is 0.794. The van der Waals surface area contributed by atoms with E-state index in [0.717, 1.165) is 36.2 Å². The number of halogens is 1.